The van der Waals surface area contributed by atoms with Crippen molar-refractivity contribution in [3.8, 4) is 0 Å². The van der Waals surface area contributed by atoms with E-state index < -0.39 is 5.91 Å². The lowest BCUT2D eigenvalue weighted by atomic mass is 9.89. The van der Waals surface area contributed by atoms with E-state index >= 15 is 0 Å². The number of nitrogens with zero attached hydrogens (tertiary/aromatic N) is 2. The van der Waals surface area contributed by atoms with Crippen LogP contribution in [0, 0.1) is 5.41 Å². The second-order valence-electron chi connectivity index (χ2n) is 8.10. The third-order valence-electron chi connectivity index (χ3n) is 4.63. The number of carbonyl (C=O) groups is 2. The molecular formula is C21H26N4O4S2. The molecule has 0 radical (unpaired) electrons. The Morgan fingerprint density at radius 1 is 1.26 bits per heavy atom. The van der Waals surface area contributed by atoms with Crippen LogP contribution in [0.3, 0.4) is 0 Å². The van der Waals surface area contributed by atoms with E-state index in [1.807, 2.05) is 0 Å². The average Bonchev–Trinajstić information content (AvgIpc) is 3.40. The first-order valence-electron chi connectivity index (χ1n) is 9.81. The number of amides is 2. The van der Waals surface area contributed by atoms with Gasteiger partial charge in [0, 0.05) is 17.1 Å². The highest BCUT2D eigenvalue weighted by molar-refractivity contribution is 8.25. The van der Waals surface area contributed by atoms with Crippen LogP contribution in [0.2, 0.25) is 0 Å². The van der Waals surface area contributed by atoms with E-state index in [1.165, 1.54) is 29.4 Å². The normalized spacial score (nSPS) is 20.9. The van der Waals surface area contributed by atoms with Gasteiger partial charge in [-0.2, -0.15) is 0 Å². The quantitative estimate of drug-likeness (QED) is 0.340. The summed E-state index contributed by atoms with van der Waals surface area (Å²) in [7, 11) is 0. The maximum atomic E-state index is 12.5. The lowest BCUT2D eigenvalue weighted by Gasteiger charge is -2.25. The van der Waals surface area contributed by atoms with Gasteiger partial charge in [0.25, 0.3) is 11.8 Å². The van der Waals surface area contributed by atoms with Gasteiger partial charge in [-0.25, -0.2) is 5.48 Å². The van der Waals surface area contributed by atoms with E-state index in [4.69, 9.17) is 9.94 Å². The van der Waals surface area contributed by atoms with Crippen molar-refractivity contribution in [3.05, 3.63) is 41.5 Å². The molecule has 0 bridgehead atoms. The molecule has 31 heavy (non-hydrogen) atoms. The van der Waals surface area contributed by atoms with Gasteiger partial charge in [-0.1, -0.05) is 44.7 Å². The van der Waals surface area contributed by atoms with Crippen LogP contribution in [0.5, 0.6) is 0 Å². The Kier molecular flexibility index (Phi) is 7.79. The summed E-state index contributed by atoms with van der Waals surface area (Å²) in [6, 6.07) is 6.76. The smallest absolute Gasteiger partial charge is 0.267 e. The van der Waals surface area contributed by atoms with Crippen LogP contribution in [0.25, 0.3) is 6.08 Å². The van der Waals surface area contributed by atoms with Gasteiger partial charge >= 0.3 is 0 Å². The molecule has 2 unspecified atom stereocenters. The molecule has 0 spiro atoms. The SMILES string of the molecule is CC(C)(C)C1CN=C(CSC2CN=C(NC(=O)c3ccc(/C=C/C(=O)NO)cc3)S2)O1. The van der Waals surface area contributed by atoms with Crippen molar-refractivity contribution in [2.45, 2.75) is 31.5 Å². The van der Waals surface area contributed by atoms with Gasteiger partial charge in [0.15, 0.2) is 11.1 Å². The number of aliphatic imine (C=N–C) groups is 2. The molecule has 2 heterocycles. The number of rotatable bonds is 6. The Morgan fingerprint density at radius 2 is 2.00 bits per heavy atom. The first-order chi connectivity index (χ1) is 14.7. The first-order valence-corrected chi connectivity index (χ1v) is 11.7. The fourth-order valence-corrected chi connectivity index (χ4v) is 4.87. The molecule has 2 atom stereocenters. The second kappa shape index (κ2) is 10.3. The summed E-state index contributed by atoms with van der Waals surface area (Å²) in [5, 5.41) is 11.9. The molecule has 2 aliphatic heterocycles. The third-order valence-corrected chi connectivity index (χ3v) is 7.13. The molecule has 8 nitrogen and oxygen atoms in total. The molecule has 2 aliphatic rings. The van der Waals surface area contributed by atoms with Crippen LogP contribution < -0.4 is 10.8 Å². The number of carbonyl (C=O) groups excluding carboxylic acids is 2. The molecule has 2 amide bonds. The van der Waals surface area contributed by atoms with Gasteiger partial charge in [0.1, 0.15) is 6.10 Å². The molecule has 1 aromatic carbocycles. The Bertz CT molecular complexity index is 907. The lowest BCUT2D eigenvalue weighted by molar-refractivity contribution is -0.124. The second-order valence-corrected chi connectivity index (χ2v) is 10.8. The summed E-state index contributed by atoms with van der Waals surface area (Å²) in [6.45, 7) is 7.78. The number of hydrogen-bond donors (Lipinski definition) is 3. The number of ether oxygens (including phenoxy) is 1. The van der Waals surface area contributed by atoms with Gasteiger partial charge in [0.2, 0.25) is 0 Å². The van der Waals surface area contributed by atoms with Crippen LogP contribution in [0.4, 0.5) is 0 Å². The zero-order chi connectivity index (χ0) is 22.4. The Labute approximate surface area is 190 Å². The van der Waals surface area contributed by atoms with E-state index in [0.29, 0.717) is 29.6 Å². The predicted molar refractivity (Wildman–Crippen MR) is 126 cm³/mol. The van der Waals surface area contributed by atoms with Gasteiger partial charge in [0.05, 0.1) is 23.4 Å². The van der Waals surface area contributed by atoms with E-state index in [2.05, 4.69) is 36.1 Å². The number of amidine groups is 1. The minimum absolute atomic E-state index is 0.0706. The predicted octanol–water partition coefficient (Wildman–Crippen LogP) is 2.94. The maximum Gasteiger partial charge on any atom is 0.267 e. The maximum absolute atomic E-state index is 12.5. The molecule has 0 saturated heterocycles. The lowest BCUT2D eigenvalue weighted by Crippen LogP contribution is -2.30. The Hall–Kier alpha value is -2.30. The van der Waals surface area contributed by atoms with Crippen LogP contribution in [0.15, 0.2) is 40.3 Å². The number of hydrogen-bond acceptors (Lipinski definition) is 8. The van der Waals surface area contributed by atoms with Crippen LogP contribution in [-0.4, -0.2) is 57.6 Å². The molecule has 0 aromatic heterocycles. The molecule has 0 fully saturated rings. The van der Waals surface area contributed by atoms with E-state index in [9.17, 15) is 9.59 Å². The molecular weight excluding hydrogens is 436 g/mol. The van der Waals surface area contributed by atoms with E-state index in [0.717, 1.165) is 11.5 Å². The summed E-state index contributed by atoms with van der Waals surface area (Å²) in [6.07, 6.45) is 2.86. The van der Waals surface area contributed by atoms with Crippen LogP contribution in [0.1, 0.15) is 36.7 Å². The molecule has 0 aliphatic carbocycles. The summed E-state index contributed by atoms with van der Waals surface area (Å²) in [4.78, 5) is 32.4. The van der Waals surface area contributed by atoms with Crippen LogP contribution >= 0.6 is 23.5 Å². The van der Waals surface area contributed by atoms with Crippen molar-refractivity contribution in [2.24, 2.45) is 15.4 Å². The topological polar surface area (TPSA) is 112 Å². The Balaban J connectivity index is 1.42. The summed E-state index contributed by atoms with van der Waals surface area (Å²) in [5.74, 6) is 0.626. The number of benzene rings is 1. The highest BCUT2D eigenvalue weighted by Gasteiger charge is 2.32. The molecule has 0 saturated carbocycles. The van der Waals surface area contributed by atoms with Crippen molar-refractivity contribution in [2.75, 3.05) is 18.8 Å². The third kappa shape index (κ3) is 6.84. The fraction of sp³-hybridized carbons (Fsp3) is 0.429. The van der Waals surface area contributed by atoms with Crippen molar-refractivity contribution in [1.29, 1.82) is 0 Å². The average molecular weight is 463 g/mol. The first kappa shape index (κ1) is 23.4. The zero-order valence-corrected chi connectivity index (χ0v) is 19.3. The summed E-state index contributed by atoms with van der Waals surface area (Å²) in [5.41, 5.74) is 2.81. The van der Waals surface area contributed by atoms with Gasteiger partial charge in [-0.3, -0.25) is 24.8 Å². The number of thioether (sulfide) groups is 2. The zero-order valence-electron chi connectivity index (χ0n) is 17.6. The number of nitrogens with one attached hydrogen (secondary N) is 2. The standard InChI is InChI=1S/C21H26N4O4S2/c1-21(2,3)15-10-22-17(29-15)12-30-18-11-23-20(31-18)24-19(27)14-7-4-13(5-8-14)6-9-16(26)25-28/h4-9,15,18,28H,10-12H2,1-3H3,(H,25,26)(H,23,24,27)/b9-6+. The van der Waals surface area contributed by atoms with Crippen molar-refractivity contribution in [1.82, 2.24) is 10.8 Å². The minimum atomic E-state index is -0.619. The van der Waals surface area contributed by atoms with Crippen LogP contribution in [-0.2, 0) is 9.53 Å². The van der Waals surface area contributed by atoms with Crippen molar-refractivity contribution < 1.29 is 19.5 Å². The molecule has 3 N–H and O–H groups in total. The minimum Gasteiger partial charge on any atom is -0.475 e. The van der Waals surface area contributed by atoms with Gasteiger partial charge in [-0.05, 0) is 23.8 Å². The largest absolute Gasteiger partial charge is 0.475 e. The summed E-state index contributed by atoms with van der Waals surface area (Å²) >= 11 is 3.25. The summed E-state index contributed by atoms with van der Waals surface area (Å²) < 4.78 is 6.16. The van der Waals surface area contributed by atoms with Crippen molar-refractivity contribution >= 4 is 52.5 Å². The molecule has 3 rings (SSSR count). The van der Waals surface area contributed by atoms with Gasteiger partial charge in [-0.15, -0.1) is 11.8 Å². The van der Waals surface area contributed by atoms with Crippen molar-refractivity contribution in [3.63, 3.8) is 0 Å². The fourth-order valence-electron chi connectivity index (χ4n) is 2.75. The highest BCUT2D eigenvalue weighted by Crippen LogP contribution is 2.32. The van der Waals surface area contributed by atoms with Gasteiger partial charge < -0.3 is 10.1 Å². The molecule has 10 heteroatoms. The highest BCUT2D eigenvalue weighted by atomic mass is 32.2. The Morgan fingerprint density at radius 3 is 2.65 bits per heavy atom. The van der Waals surface area contributed by atoms with E-state index in [1.54, 1.807) is 36.0 Å². The number of hydroxylamine groups is 1. The van der Waals surface area contributed by atoms with E-state index in [-0.39, 0.29) is 22.0 Å². The molecule has 166 valence electrons. The molecule has 1 aromatic rings. The monoisotopic (exact) mass is 462 g/mol.